The van der Waals surface area contributed by atoms with Gasteiger partial charge in [0.15, 0.2) is 0 Å². The molecule has 5 nitrogen and oxygen atoms in total. The Hall–Kier alpha value is -1.04. The van der Waals surface area contributed by atoms with Gasteiger partial charge in [0.05, 0.1) is 16.9 Å². The molecule has 0 saturated heterocycles. The molecule has 1 aromatic rings. The Balaban J connectivity index is 2.67. The number of nitrogens with zero attached hydrogens (tertiary/aromatic N) is 2. The van der Waals surface area contributed by atoms with Gasteiger partial charge in [0, 0.05) is 0 Å². The van der Waals surface area contributed by atoms with E-state index in [1.165, 1.54) is 12.4 Å². The van der Waals surface area contributed by atoms with Crippen LogP contribution in [0.15, 0.2) is 16.9 Å². The Morgan fingerprint density at radius 2 is 2.60 bits per heavy atom. The van der Waals surface area contributed by atoms with Crippen LogP contribution in [0.3, 0.4) is 0 Å². The average molecular weight is 206 g/mol. The standard InChI is InChI=1S/C4H4BrN3O2/c5-3-1-7-8(2-3)10-4(6)9/h1-2H,(H2,6,9). The van der Waals surface area contributed by atoms with Crippen molar-refractivity contribution in [3.05, 3.63) is 16.9 Å². The zero-order valence-electron chi connectivity index (χ0n) is 4.82. The predicted octanol–water partition coefficient (Wildman–Crippen LogP) is 0.153. The van der Waals surface area contributed by atoms with Gasteiger partial charge in [-0.1, -0.05) is 4.85 Å². The molecule has 1 amide bonds. The Bertz CT molecular complexity index is 246. The van der Waals surface area contributed by atoms with Gasteiger partial charge < -0.3 is 5.73 Å². The van der Waals surface area contributed by atoms with E-state index in [0.29, 0.717) is 4.47 Å². The second-order valence-corrected chi connectivity index (χ2v) is 2.39. The number of carbonyl (C=O) groups is 1. The fourth-order valence-electron chi connectivity index (χ4n) is 0.426. The highest BCUT2D eigenvalue weighted by molar-refractivity contribution is 9.10. The van der Waals surface area contributed by atoms with E-state index in [9.17, 15) is 4.79 Å². The fourth-order valence-corrected chi connectivity index (χ4v) is 0.693. The van der Waals surface area contributed by atoms with Crippen molar-refractivity contribution in [3.63, 3.8) is 0 Å². The number of amides is 1. The van der Waals surface area contributed by atoms with E-state index in [4.69, 9.17) is 5.73 Å². The van der Waals surface area contributed by atoms with Crippen molar-refractivity contribution in [2.24, 2.45) is 5.73 Å². The molecule has 1 aromatic heterocycles. The molecule has 0 aromatic carbocycles. The number of hydrogen-bond acceptors (Lipinski definition) is 3. The molecule has 1 rings (SSSR count). The lowest BCUT2D eigenvalue weighted by Gasteiger charge is -1.94. The lowest BCUT2D eigenvalue weighted by atomic mass is 10.8. The molecule has 0 radical (unpaired) electrons. The maximum atomic E-state index is 10.1. The van der Waals surface area contributed by atoms with Crippen molar-refractivity contribution in [2.75, 3.05) is 0 Å². The summed E-state index contributed by atoms with van der Waals surface area (Å²) in [5, 5.41) is 3.60. The van der Waals surface area contributed by atoms with Gasteiger partial charge in [0.2, 0.25) is 0 Å². The lowest BCUT2D eigenvalue weighted by molar-refractivity contribution is 0.125. The molecular weight excluding hydrogens is 202 g/mol. The van der Waals surface area contributed by atoms with E-state index in [0.717, 1.165) is 4.85 Å². The number of hydrogen-bond donors (Lipinski definition) is 1. The molecule has 10 heavy (non-hydrogen) atoms. The minimum Gasteiger partial charge on any atom is -0.333 e. The molecule has 0 saturated carbocycles. The highest BCUT2D eigenvalue weighted by Crippen LogP contribution is 2.04. The average Bonchev–Trinajstić information content (AvgIpc) is 2.13. The topological polar surface area (TPSA) is 70.1 Å². The Labute approximate surface area is 64.8 Å². The summed E-state index contributed by atoms with van der Waals surface area (Å²) in [6.07, 6.45) is 2.05. The molecule has 0 aliphatic carbocycles. The first-order valence-corrected chi connectivity index (χ1v) is 3.16. The molecule has 0 atom stereocenters. The first kappa shape index (κ1) is 7.07. The van der Waals surface area contributed by atoms with Crippen LogP contribution in [0.2, 0.25) is 0 Å². The second-order valence-electron chi connectivity index (χ2n) is 1.47. The molecule has 54 valence electrons. The Morgan fingerprint density at radius 3 is 3.00 bits per heavy atom. The Kier molecular flexibility index (Phi) is 1.91. The molecule has 0 spiro atoms. The quantitative estimate of drug-likeness (QED) is 0.710. The molecule has 0 unspecified atom stereocenters. The number of rotatable bonds is 1. The normalized spacial score (nSPS) is 9.30. The van der Waals surface area contributed by atoms with E-state index in [1.54, 1.807) is 0 Å². The van der Waals surface area contributed by atoms with E-state index >= 15 is 0 Å². The van der Waals surface area contributed by atoms with Gasteiger partial charge in [0.25, 0.3) is 0 Å². The SMILES string of the molecule is NC(=O)On1cc(Br)cn1. The minimum atomic E-state index is -0.893. The Morgan fingerprint density at radius 1 is 1.90 bits per heavy atom. The first-order valence-electron chi connectivity index (χ1n) is 2.36. The van der Waals surface area contributed by atoms with Crippen LogP contribution in [0.5, 0.6) is 0 Å². The van der Waals surface area contributed by atoms with Gasteiger partial charge in [0.1, 0.15) is 0 Å². The van der Waals surface area contributed by atoms with Gasteiger partial charge >= 0.3 is 6.09 Å². The second kappa shape index (κ2) is 2.70. The molecule has 0 aliphatic heterocycles. The zero-order valence-corrected chi connectivity index (χ0v) is 6.41. The van der Waals surface area contributed by atoms with Crippen LogP contribution in [-0.4, -0.2) is 16.0 Å². The van der Waals surface area contributed by atoms with Gasteiger partial charge in [-0.25, -0.2) is 4.79 Å². The summed E-state index contributed by atoms with van der Waals surface area (Å²) in [6.45, 7) is 0. The first-order chi connectivity index (χ1) is 4.68. The summed E-state index contributed by atoms with van der Waals surface area (Å²) in [5.41, 5.74) is 4.70. The summed E-state index contributed by atoms with van der Waals surface area (Å²) >= 11 is 3.11. The summed E-state index contributed by atoms with van der Waals surface area (Å²) in [7, 11) is 0. The molecule has 2 N–H and O–H groups in total. The van der Waals surface area contributed by atoms with Gasteiger partial charge in [-0.2, -0.15) is 0 Å². The van der Waals surface area contributed by atoms with E-state index in [1.807, 2.05) is 0 Å². The van der Waals surface area contributed by atoms with Crippen LogP contribution in [0.1, 0.15) is 0 Å². The molecule has 0 aliphatic rings. The number of nitrogens with two attached hydrogens (primary N) is 1. The molecular formula is C4H4BrN3O2. The largest absolute Gasteiger partial charge is 0.430 e. The number of primary amides is 1. The fraction of sp³-hybridized carbons (Fsp3) is 0. The van der Waals surface area contributed by atoms with Crippen LogP contribution in [0, 0.1) is 0 Å². The van der Waals surface area contributed by atoms with Crippen LogP contribution < -0.4 is 10.6 Å². The van der Waals surface area contributed by atoms with Crippen molar-refractivity contribution in [3.8, 4) is 0 Å². The van der Waals surface area contributed by atoms with Crippen LogP contribution in [0.25, 0.3) is 0 Å². The van der Waals surface area contributed by atoms with Crippen LogP contribution in [0.4, 0.5) is 4.79 Å². The van der Waals surface area contributed by atoms with Gasteiger partial charge in [-0.3, -0.25) is 4.84 Å². The smallest absolute Gasteiger partial charge is 0.333 e. The maximum Gasteiger partial charge on any atom is 0.430 e. The lowest BCUT2D eigenvalue weighted by Crippen LogP contribution is -2.25. The monoisotopic (exact) mass is 205 g/mol. The van der Waals surface area contributed by atoms with E-state index < -0.39 is 6.09 Å². The van der Waals surface area contributed by atoms with Crippen molar-refractivity contribution in [1.82, 2.24) is 9.94 Å². The zero-order chi connectivity index (χ0) is 7.56. The van der Waals surface area contributed by atoms with E-state index in [-0.39, 0.29) is 0 Å². The van der Waals surface area contributed by atoms with Crippen molar-refractivity contribution >= 4 is 22.0 Å². The molecule has 0 fully saturated rings. The van der Waals surface area contributed by atoms with Gasteiger partial charge in [-0.05, 0) is 15.9 Å². The summed E-state index contributed by atoms with van der Waals surface area (Å²) < 4.78 is 0.716. The van der Waals surface area contributed by atoms with Crippen LogP contribution >= 0.6 is 15.9 Å². The summed E-state index contributed by atoms with van der Waals surface area (Å²) in [6, 6.07) is 0. The number of aromatic nitrogens is 2. The number of carbonyl (C=O) groups excluding carboxylic acids is 1. The van der Waals surface area contributed by atoms with E-state index in [2.05, 4.69) is 25.9 Å². The molecule has 1 heterocycles. The molecule has 0 bridgehead atoms. The highest BCUT2D eigenvalue weighted by atomic mass is 79.9. The third-order valence-electron chi connectivity index (χ3n) is 0.712. The predicted molar refractivity (Wildman–Crippen MR) is 36.1 cm³/mol. The van der Waals surface area contributed by atoms with Crippen molar-refractivity contribution < 1.29 is 9.63 Å². The van der Waals surface area contributed by atoms with Crippen molar-refractivity contribution in [2.45, 2.75) is 0 Å². The molecule has 6 heteroatoms. The summed E-state index contributed by atoms with van der Waals surface area (Å²) in [4.78, 5) is 15.4. The third-order valence-corrected chi connectivity index (χ3v) is 1.12. The van der Waals surface area contributed by atoms with Crippen LogP contribution in [-0.2, 0) is 0 Å². The highest BCUT2D eigenvalue weighted by Gasteiger charge is 1.97. The number of halogens is 1. The third kappa shape index (κ3) is 1.73. The maximum absolute atomic E-state index is 10.1. The van der Waals surface area contributed by atoms with Gasteiger partial charge in [-0.15, -0.1) is 5.10 Å². The minimum absolute atomic E-state index is 0.716. The van der Waals surface area contributed by atoms with Crippen molar-refractivity contribution in [1.29, 1.82) is 0 Å². The summed E-state index contributed by atoms with van der Waals surface area (Å²) in [5.74, 6) is 0.